The number of benzene rings is 3. The highest BCUT2D eigenvalue weighted by molar-refractivity contribution is 9.11. The van der Waals surface area contributed by atoms with E-state index in [0.717, 1.165) is 20.1 Å². The molecule has 0 bridgehead atoms. The number of rotatable bonds is 7. The molecule has 0 aliphatic carbocycles. The number of hydrogen-bond acceptors (Lipinski definition) is 8. The molecule has 6 rings (SSSR count). The first-order chi connectivity index (χ1) is 20.3. The molecule has 4 aromatic rings. The number of ether oxygens (including phenoxy) is 4. The largest absolute Gasteiger partial charge is 0.487 e. The van der Waals surface area contributed by atoms with Crippen LogP contribution < -0.4 is 29.1 Å². The summed E-state index contributed by atoms with van der Waals surface area (Å²) >= 11 is 8.49. The third-order valence-electron chi connectivity index (χ3n) is 6.77. The van der Waals surface area contributed by atoms with Gasteiger partial charge in [0, 0.05) is 0 Å². The van der Waals surface area contributed by atoms with Gasteiger partial charge < -0.3 is 18.9 Å². The first-order valence-corrected chi connectivity index (χ1v) is 15.5. The molecule has 0 radical (unpaired) electrons. The number of allylic oxidation sites excluding steroid dienone is 1. The zero-order valence-corrected chi connectivity index (χ0v) is 26.5. The van der Waals surface area contributed by atoms with Crippen molar-refractivity contribution in [2.24, 2.45) is 4.99 Å². The lowest BCUT2D eigenvalue weighted by Crippen LogP contribution is -2.39. The zero-order chi connectivity index (χ0) is 29.4. The van der Waals surface area contributed by atoms with E-state index in [9.17, 15) is 9.59 Å². The average molecular weight is 712 g/mol. The van der Waals surface area contributed by atoms with Crippen molar-refractivity contribution in [1.82, 2.24) is 4.57 Å². The molecule has 42 heavy (non-hydrogen) atoms. The molecule has 1 aromatic heterocycles. The Morgan fingerprint density at radius 1 is 1.10 bits per heavy atom. The predicted molar refractivity (Wildman–Crippen MR) is 166 cm³/mol. The first-order valence-electron chi connectivity index (χ1n) is 13.1. The Morgan fingerprint density at radius 2 is 1.83 bits per heavy atom. The van der Waals surface area contributed by atoms with Gasteiger partial charge in [-0.05, 0) is 92.7 Å². The summed E-state index contributed by atoms with van der Waals surface area (Å²) in [6.45, 7) is 4.22. The van der Waals surface area contributed by atoms with Crippen LogP contribution in [0.5, 0.6) is 17.2 Å². The van der Waals surface area contributed by atoms with Gasteiger partial charge in [-0.25, -0.2) is 9.79 Å². The maximum atomic E-state index is 14.0. The van der Waals surface area contributed by atoms with Crippen molar-refractivity contribution in [1.29, 1.82) is 0 Å². The van der Waals surface area contributed by atoms with Crippen LogP contribution in [-0.2, 0) is 16.1 Å². The van der Waals surface area contributed by atoms with Gasteiger partial charge in [0.25, 0.3) is 5.56 Å². The van der Waals surface area contributed by atoms with Gasteiger partial charge in [-0.2, -0.15) is 0 Å². The minimum atomic E-state index is -0.746. The highest BCUT2D eigenvalue weighted by Gasteiger charge is 2.34. The monoisotopic (exact) mass is 710 g/mol. The summed E-state index contributed by atoms with van der Waals surface area (Å²) < 4.78 is 26.0. The minimum Gasteiger partial charge on any atom is -0.487 e. The van der Waals surface area contributed by atoms with Gasteiger partial charge in [-0.1, -0.05) is 47.7 Å². The molecule has 2 aliphatic rings. The molecule has 0 saturated heterocycles. The smallest absolute Gasteiger partial charge is 0.338 e. The van der Waals surface area contributed by atoms with E-state index in [2.05, 4.69) is 36.9 Å². The number of hydrogen-bond donors (Lipinski definition) is 0. The van der Waals surface area contributed by atoms with Gasteiger partial charge in [0.05, 0.1) is 37.4 Å². The lowest BCUT2D eigenvalue weighted by molar-refractivity contribution is -0.139. The summed E-state index contributed by atoms with van der Waals surface area (Å²) in [7, 11) is 0. The Kier molecular flexibility index (Phi) is 8.06. The number of halogens is 2. The van der Waals surface area contributed by atoms with E-state index in [1.54, 1.807) is 36.6 Å². The van der Waals surface area contributed by atoms with Crippen molar-refractivity contribution in [3.05, 3.63) is 117 Å². The van der Waals surface area contributed by atoms with Gasteiger partial charge in [0.15, 0.2) is 16.3 Å². The number of fused-ring (bicyclic) bond motifs is 2. The number of esters is 1. The van der Waals surface area contributed by atoms with Crippen LogP contribution in [0.15, 0.2) is 90.7 Å². The van der Waals surface area contributed by atoms with Crippen molar-refractivity contribution in [3.63, 3.8) is 0 Å². The van der Waals surface area contributed by atoms with Crippen molar-refractivity contribution >= 4 is 55.2 Å². The van der Waals surface area contributed by atoms with E-state index in [0.29, 0.717) is 50.0 Å². The fourth-order valence-electron chi connectivity index (χ4n) is 4.87. The van der Waals surface area contributed by atoms with Crippen LogP contribution in [0.25, 0.3) is 6.08 Å². The second-order valence-electron chi connectivity index (χ2n) is 9.50. The van der Waals surface area contributed by atoms with Crippen molar-refractivity contribution < 1.29 is 23.7 Å². The molecule has 3 heterocycles. The third kappa shape index (κ3) is 5.44. The van der Waals surface area contributed by atoms with Crippen molar-refractivity contribution in [2.75, 3.05) is 13.4 Å². The Hall–Kier alpha value is -3.67. The molecule has 0 N–H and O–H groups in total. The van der Waals surface area contributed by atoms with Crippen molar-refractivity contribution in [2.45, 2.75) is 26.5 Å². The van der Waals surface area contributed by atoms with Crippen molar-refractivity contribution in [3.8, 4) is 17.2 Å². The Morgan fingerprint density at radius 3 is 2.57 bits per heavy atom. The Bertz CT molecular complexity index is 1890. The van der Waals surface area contributed by atoms with E-state index in [-0.39, 0.29) is 19.0 Å². The van der Waals surface area contributed by atoms with Gasteiger partial charge in [0.2, 0.25) is 6.79 Å². The van der Waals surface area contributed by atoms with E-state index < -0.39 is 12.0 Å². The lowest BCUT2D eigenvalue weighted by Gasteiger charge is -2.24. The van der Waals surface area contributed by atoms with Crippen LogP contribution >= 0.6 is 43.2 Å². The number of thiazole rings is 1. The van der Waals surface area contributed by atoms with E-state index >= 15 is 0 Å². The second-order valence-corrected chi connectivity index (χ2v) is 12.2. The van der Waals surface area contributed by atoms with Gasteiger partial charge in [-0.3, -0.25) is 9.36 Å². The van der Waals surface area contributed by atoms with Gasteiger partial charge >= 0.3 is 5.97 Å². The predicted octanol–water partition coefficient (Wildman–Crippen LogP) is 5.63. The molecule has 0 spiro atoms. The number of carbonyl (C=O) groups is 1. The Balaban J connectivity index is 1.41. The second kappa shape index (κ2) is 11.9. The lowest BCUT2D eigenvalue weighted by atomic mass is 9.95. The normalized spacial score (nSPS) is 15.8. The Labute approximate surface area is 261 Å². The number of aromatic nitrogens is 1. The van der Waals surface area contributed by atoms with Crippen LogP contribution in [-0.4, -0.2) is 23.9 Å². The summed E-state index contributed by atoms with van der Waals surface area (Å²) in [6, 6.07) is 18.4. The molecule has 1 atom stereocenters. The van der Waals surface area contributed by atoms with Gasteiger partial charge in [-0.15, -0.1) is 0 Å². The molecule has 214 valence electrons. The standard InChI is InChI=1S/C31H24Br2N2O6S/c1-3-38-30(37)26-17(2)34-31-35(27(26)20-9-10-23-24(14-20)41-16-40-23)29(36)25(42-31)13-19-11-21(32)28(22(33)12-19)39-15-18-7-5-4-6-8-18/h4-14,27H,3,15-16H2,1-2H3/b25-13-/t27-/m0/s1. The molecule has 0 amide bonds. The molecule has 0 unspecified atom stereocenters. The molecule has 0 saturated carbocycles. The maximum absolute atomic E-state index is 14.0. The summed E-state index contributed by atoms with van der Waals surface area (Å²) in [5, 5.41) is 0. The molecule has 0 fully saturated rings. The maximum Gasteiger partial charge on any atom is 0.338 e. The average Bonchev–Trinajstić information content (AvgIpc) is 3.56. The summed E-state index contributed by atoms with van der Waals surface area (Å²) in [4.78, 5) is 32.3. The molecule has 8 nitrogen and oxygen atoms in total. The highest BCUT2D eigenvalue weighted by Crippen LogP contribution is 2.38. The minimum absolute atomic E-state index is 0.113. The molecular formula is C31H24Br2N2O6S. The fraction of sp³-hybridized carbons (Fsp3) is 0.194. The summed E-state index contributed by atoms with van der Waals surface area (Å²) in [5.41, 5.74) is 3.06. The third-order valence-corrected chi connectivity index (χ3v) is 8.93. The highest BCUT2D eigenvalue weighted by atomic mass is 79.9. The number of carbonyl (C=O) groups excluding carboxylic acids is 1. The molecule has 11 heteroatoms. The molecule has 3 aromatic carbocycles. The van der Waals surface area contributed by atoms with E-state index in [4.69, 9.17) is 18.9 Å². The quantitative estimate of drug-likeness (QED) is 0.231. The summed E-state index contributed by atoms with van der Waals surface area (Å²) in [5.74, 6) is 1.30. The SMILES string of the molecule is CCOC(=O)C1=C(C)N=c2s/c(=C\c3cc(Br)c(OCc4ccccc4)c(Br)c3)c(=O)n2[C@H]1c1ccc2c(c1)OCO2. The number of nitrogens with zero attached hydrogens (tertiary/aromatic N) is 2. The molecular weight excluding hydrogens is 688 g/mol. The fourth-order valence-corrected chi connectivity index (χ4v) is 7.37. The zero-order valence-electron chi connectivity index (χ0n) is 22.6. The van der Waals surface area contributed by atoms with Crippen LogP contribution in [0.3, 0.4) is 0 Å². The van der Waals surface area contributed by atoms with Crippen LogP contribution in [0.4, 0.5) is 0 Å². The van der Waals surface area contributed by atoms with Crippen LogP contribution in [0, 0.1) is 0 Å². The van der Waals surface area contributed by atoms with Crippen LogP contribution in [0.1, 0.15) is 36.6 Å². The molecule has 2 aliphatic heterocycles. The van der Waals surface area contributed by atoms with E-state index in [1.807, 2.05) is 48.5 Å². The first kappa shape index (κ1) is 28.4. The van der Waals surface area contributed by atoms with Gasteiger partial charge in [0.1, 0.15) is 12.4 Å². The topological polar surface area (TPSA) is 88.4 Å². The van der Waals surface area contributed by atoms with Crippen LogP contribution in [0.2, 0.25) is 0 Å². The van der Waals surface area contributed by atoms with E-state index in [1.165, 1.54) is 11.3 Å². The summed E-state index contributed by atoms with van der Waals surface area (Å²) in [6.07, 6.45) is 1.81.